The Morgan fingerprint density at radius 3 is 2.45 bits per heavy atom. The zero-order chi connectivity index (χ0) is 21.1. The lowest BCUT2D eigenvalue weighted by molar-refractivity contribution is 0.0241. The Bertz CT molecular complexity index is 1120. The maximum Gasteiger partial charge on any atom is 0.243 e. The fourth-order valence-corrected chi connectivity index (χ4v) is 4.06. The number of allylic oxidation sites excluding steroid dienone is 4. The van der Waals surface area contributed by atoms with Crippen molar-refractivity contribution in [3.63, 3.8) is 0 Å². The minimum Gasteiger partial charge on any atom is -0.508 e. The highest BCUT2D eigenvalue weighted by Crippen LogP contribution is 2.29. The Morgan fingerprint density at radius 2 is 1.76 bits per heavy atom. The number of carbonyl (C=O) groups excluding carboxylic acids is 1. The first-order chi connectivity index (χ1) is 13.7. The first-order valence-electron chi connectivity index (χ1n) is 8.63. The first-order valence-corrected chi connectivity index (χ1v) is 10.1. The number of nitrogens with one attached hydrogen (secondary N) is 1. The van der Waals surface area contributed by atoms with Gasteiger partial charge in [0.05, 0.1) is 4.90 Å². The zero-order valence-corrected chi connectivity index (χ0v) is 16.0. The molecule has 29 heavy (non-hydrogen) atoms. The average Bonchev–Trinajstić information content (AvgIpc) is 2.69. The second-order valence-electron chi connectivity index (χ2n) is 6.50. The highest BCUT2D eigenvalue weighted by molar-refractivity contribution is 7.89. The number of aliphatic hydroxyl groups excluding tert-OH is 1. The van der Waals surface area contributed by atoms with Crippen molar-refractivity contribution in [1.29, 1.82) is 0 Å². The highest BCUT2D eigenvalue weighted by Gasteiger charge is 2.39. The molecule has 4 N–H and O–H groups in total. The van der Waals surface area contributed by atoms with E-state index in [1.807, 2.05) is 0 Å². The Labute approximate surface area is 168 Å². The summed E-state index contributed by atoms with van der Waals surface area (Å²) in [7, 11) is -4.25. The van der Waals surface area contributed by atoms with Gasteiger partial charge >= 0.3 is 0 Å². The number of hydrogen-bond acceptors (Lipinski definition) is 6. The van der Waals surface area contributed by atoms with Crippen LogP contribution in [-0.4, -0.2) is 35.2 Å². The molecule has 0 fully saturated rings. The molecule has 0 aliphatic heterocycles. The molecule has 0 aromatic heterocycles. The van der Waals surface area contributed by atoms with Crippen molar-refractivity contribution in [3.8, 4) is 5.75 Å². The lowest BCUT2D eigenvalue weighted by Gasteiger charge is -2.30. The summed E-state index contributed by atoms with van der Waals surface area (Å²) in [4.78, 5) is 11.9. The predicted molar refractivity (Wildman–Crippen MR) is 107 cm³/mol. The highest BCUT2D eigenvalue weighted by atomic mass is 32.2. The molecule has 0 bridgehead atoms. The van der Waals surface area contributed by atoms with E-state index < -0.39 is 21.5 Å². The van der Waals surface area contributed by atoms with E-state index in [1.165, 1.54) is 36.4 Å². The molecular formula is C21H19NO6S. The minimum atomic E-state index is -4.25. The van der Waals surface area contributed by atoms with Gasteiger partial charge in [0.25, 0.3) is 0 Å². The van der Waals surface area contributed by atoms with Crippen LogP contribution in [0.1, 0.15) is 16.8 Å². The molecule has 1 atom stereocenters. The SMILES string of the molecule is O=C(/C=C/C1=CC=C(O)C(O)(NS(=O)(=O)c2cccc(O)c2)C1)c1ccccc1. The molecule has 0 heterocycles. The fraction of sp³-hybridized carbons (Fsp3) is 0.0952. The van der Waals surface area contributed by atoms with Gasteiger partial charge in [0.1, 0.15) is 11.5 Å². The maximum atomic E-state index is 12.5. The van der Waals surface area contributed by atoms with Gasteiger partial charge in [0.2, 0.25) is 10.0 Å². The number of sulfonamides is 1. The average molecular weight is 413 g/mol. The van der Waals surface area contributed by atoms with E-state index in [9.17, 15) is 28.5 Å². The van der Waals surface area contributed by atoms with E-state index in [1.54, 1.807) is 30.3 Å². The zero-order valence-electron chi connectivity index (χ0n) is 15.2. The van der Waals surface area contributed by atoms with Crippen molar-refractivity contribution < 1.29 is 28.5 Å². The molecule has 1 aliphatic rings. The molecule has 8 heteroatoms. The van der Waals surface area contributed by atoms with Crippen LogP contribution in [0.5, 0.6) is 5.75 Å². The van der Waals surface area contributed by atoms with Crippen LogP contribution in [0.3, 0.4) is 0 Å². The third kappa shape index (κ3) is 4.80. The fourth-order valence-electron chi connectivity index (χ4n) is 2.78. The monoisotopic (exact) mass is 413 g/mol. The van der Waals surface area contributed by atoms with Crippen LogP contribution in [0.15, 0.2) is 95.1 Å². The number of carbonyl (C=O) groups is 1. The van der Waals surface area contributed by atoms with Gasteiger partial charge in [-0.2, -0.15) is 4.72 Å². The number of aliphatic hydroxyl groups is 2. The number of hydrogen-bond donors (Lipinski definition) is 4. The van der Waals surface area contributed by atoms with Gasteiger partial charge in [-0.3, -0.25) is 4.79 Å². The van der Waals surface area contributed by atoms with Crippen LogP contribution in [0.2, 0.25) is 0 Å². The molecule has 0 saturated carbocycles. The van der Waals surface area contributed by atoms with Crippen molar-refractivity contribution >= 4 is 15.8 Å². The summed E-state index contributed by atoms with van der Waals surface area (Å²) in [5.41, 5.74) is -1.39. The van der Waals surface area contributed by atoms with E-state index in [0.717, 1.165) is 12.1 Å². The number of rotatable bonds is 6. The Morgan fingerprint density at radius 1 is 1.03 bits per heavy atom. The summed E-state index contributed by atoms with van der Waals surface area (Å²) >= 11 is 0. The molecule has 3 rings (SSSR count). The van der Waals surface area contributed by atoms with Crippen LogP contribution in [0, 0.1) is 0 Å². The van der Waals surface area contributed by atoms with Crippen molar-refractivity contribution in [2.24, 2.45) is 0 Å². The standard InChI is InChI=1S/C21H19NO6S/c23-17-7-4-8-18(13-17)29(27,28)22-21(26)14-15(10-12-20(21)25)9-11-19(24)16-5-2-1-3-6-16/h1-13,22-23,25-26H,14H2/b11-9+. The van der Waals surface area contributed by atoms with Crippen LogP contribution in [-0.2, 0) is 10.0 Å². The lowest BCUT2D eigenvalue weighted by Crippen LogP contribution is -2.50. The van der Waals surface area contributed by atoms with Crippen LogP contribution >= 0.6 is 0 Å². The topological polar surface area (TPSA) is 124 Å². The molecule has 0 radical (unpaired) electrons. The molecule has 0 spiro atoms. The van der Waals surface area contributed by atoms with E-state index >= 15 is 0 Å². The molecule has 2 aromatic rings. The Hall–Kier alpha value is -3.20. The number of phenols is 1. The van der Waals surface area contributed by atoms with Gasteiger partial charge in [-0.15, -0.1) is 0 Å². The van der Waals surface area contributed by atoms with E-state index in [0.29, 0.717) is 11.1 Å². The van der Waals surface area contributed by atoms with Crippen LogP contribution in [0.4, 0.5) is 0 Å². The molecule has 150 valence electrons. The molecule has 0 saturated heterocycles. The van der Waals surface area contributed by atoms with Gasteiger partial charge in [-0.1, -0.05) is 48.6 Å². The summed E-state index contributed by atoms with van der Waals surface area (Å²) in [5.74, 6) is -1.10. The molecule has 2 aromatic carbocycles. The van der Waals surface area contributed by atoms with Crippen molar-refractivity contribution in [2.75, 3.05) is 0 Å². The van der Waals surface area contributed by atoms with Gasteiger partial charge in [-0.25, -0.2) is 8.42 Å². The summed E-state index contributed by atoms with van der Waals surface area (Å²) in [6.45, 7) is 0. The normalized spacial score (nSPS) is 19.6. The largest absolute Gasteiger partial charge is 0.508 e. The third-order valence-electron chi connectivity index (χ3n) is 4.28. The van der Waals surface area contributed by atoms with E-state index in [-0.39, 0.29) is 22.8 Å². The smallest absolute Gasteiger partial charge is 0.243 e. The number of phenolic OH excluding ortho intramolecular Hbond substituents is 1. The minimum absolute atomic E-state index is 0.255. The summed E-state index contributed by atoms with van der Waals surface area (Å²) in [6, 6.07) is 13.5. The van der Waals surface area contributed by atoms with Gasteiger partial charge in [-0.05, 0) is 35.9 Å². The van der Waals surface area contributed by atoms with Crippen LogP contribution < -0.4 is 4.72 Å². The maximum absolute atomic E-state index is 12.5. The second kappa shape index (κ2) is 8.04. The van der Waals surface area contributed by atoms with Crippen LogP contribution in [0.25, 0.3) is 0 Å². The number of ketones is 1. The quantitative estimate of drug-likeness (QED) is 0.328. The molecule has 1 unspecified atom stereocenters. The Balaban J connectivity index is 1.79. The van der Waals surface area contributed by atoms with Crippen molar-refractivity contribution in [3.05, 3.63) is 95.8 Å². The van der Waals surface area contributed by atoms with Gasteiger partial charge in [0, 0.05) is 12.0 Å². The third-order valence-corrected chi connectivity index (χ3v) is 5.76. The summed E-state index contributed by atoms with van der Waals surface area (Å²) in [5, 5.41) is 30.3. The van der Waals surface area contributed by atoms with Gasteiger partial charge in [0.15, 0.2) is 11.5 Å². The molecule has 0 amide bonds. The second-order valence-corrected chi connectivity index (χ2v) is 8.18. The van der Waals surface area contributed by atoms with E-state index in [4.69, 9.17) is 0 Å². The van der Waals surface area contributed by atoms with Gasteiger partial charge < -0.3 is 15.3 Å². The summed E-state index contributed by atoms with van der Waals surface area (Å²) < 4.78 is 27.2. The molecular weight excluding hydrogens is 394 g/mol. The predicted octanol–water partition coefficient (Wildman–Crippen LogP) is 2.57. The Kier molecular flexibility index (Phi) is 5.69. The van der Waals surface area contributed by atoms with E-state index in [2.05, 4.69) is 4.72 Å². The lowest BCUT2D eigenvalue weighted by atomic mass is 9.95. The summed E-state index contributed by atoms with van der Waals surface area (Å²) in [6.07, 6.45) is 5.09. The van der Waals surface area contributed by atoms with Crippen molar-refractivity contribution in [1.82, 2.24) is 4.72 Å². The first kappa shape index (κ1) is 20.5. The molecule has 7 nitrogen and oxygen atoms in total. The molecule has 1 aliphatic carbocycles. The number of benzene rings is 2. The number of aromatic hydroxyl groups is 1. The van der Waals surface area contributed by atoms with Crippen molar-refractivity contribution in [2.45, 2.75) is 17.0 Å².